The van der Waals surface area contributed by atoms with Crippen LogP contribution in [0.15, 0.2) is 54.6 Å². The van der Waals surface area contributed by atoms with Gasteiger partial charge in [-0.1, -0.05) is 42.5 Å². The Kier molecular flexibility index (Phi) is 6.63. The van der Waals surface area contributed by atoms with E-state index in [0.717, 1.165) is 24.2 Å². The van der Waals surface area contributed by atoms with Crippen LogP contribution in [0.2, 0.25) is 0 Å². The lowest BCUT2D eigenvalue weighted by atomic mass is 10.1. The Hall–Kier alpha value is -2.33. The van der Waals surface area contributed by atoms with Crippen molar-refractivity contribution in [1.29, 1.82) is 0 Å². The van der Waals surface area contributed by atoms with Crippen LogP contribution in [0.4, 0.5) is 0 Å². The second kappa shape index (κ2) is 8.96. The van der Waals surface area contributed by atoms with E-state index in [1.807, 2.05) is 54.6 Å². The van der Waals surface area contributed by atoms with Crippen LogP contribution in [0.5, 0.6) is 5.75 Å². The number of methoxy groups -OCH3 is 1. The monoisotopic (exact) mass is 312 g/mol. The number of rotatable bonds is 8. The number of hydrogen-bond donors (Lipinski definition) is 2. The molecule has 0 aliphatic carbocycles. The van der Waals surface area contributed by atoms with E-state index in [-0.39, 0.29) is 11.9 Å². The Balaban J connectivity index is 1.66. The maximum absolute atomic E-state index is 11.9. The first-order chi connectivity index (χ1) is 11.2. The summed E-state index contributed by atoms with van der Waals surface area (Å²) in [5, 5.41) is 2.90. The second-order valence-electron chi connectivity index (χ2n) is 5.52. The minimum atomic E-state index is -0.165. The molecule has 0 aliphatic rings. The van der Waals surface area contributed by atoms with Crippen molar-refractivity contribution in [2.75, 3.05) is 13.7 Å². The highest BCUT2D eigenvalue weighted by atomic mass is 16.5. The molecule has 0 saturated heterocycles. The number of nitrogens with two attached hydrogens (primary N) is 1. The highest BCUT2D eigenvalue weighted by Crippen LogP contribution is 2.13. The minimum Gasteiger partial charge on any atom is -0.497 e. The van der Waals surface area contributed by atoms with Gasteiger partial charge >= 0.3 is 0 Å². The first-order valence-corrected chi connectivity index (χ1v) is 7.89. The van der Waals surface area contributed by atoms with Gasteiger partial charge in [0, 0.05) is 19.0 Å². The predicted octanol–water partition coefficient (Wildman–Crippen LogP) is 2.83. The number of amides is 1. The van der Waals surface area contributed by atoms with Gasteiger partial charge in [0.15, 0.2) is 0 Å². The molecule has 0 bridgehead atoms. The van der Waals surface area contributed by atoms with Gasteiger partial charge in [0.1, 0.15) is 5.75 Å². The number of carbonyl (C=O) groups is 1. The molecule has 4 nitrogen and oxygen atoms in total. The molecular formula is C19H24N2O2. The molecule has 0 aliphatic heterocycles. The molecule has 2 aromatic rings. The quantitative estimate of drug-likeness (QED) is 0.788. The van der Waals surface area contributed by atoms with Gasteiger partial charge in [0.25, 0.3) is 0 Å². The summed E-state index contributed by atoms with van der Waals surface area (Å²) in [6.07, 6.45) is 2.20. The molecule has 1 atom stereocenters. The highest BCUT2D eigenvalue weighted by molar-refractivity contribution is 5.75. The molecule has 0 fully saturated rings. The molecule has 3 N–H and O–H groups in total. The van der Waals surface area contributed by atoms with E-state index < -0.39 is 0 Å². The Labute approximate surface area is 137 Å². The Morgan fingerprint density at radius 1 is 1.13 bits per heavy atom. The van der Waals surface area contributed by atoms with Gasteiger partial charge in [0.2, 0.25) is 5.91 Å². The van der Waals surface area contributed by atoms with Crippen LogP contribution in [0.25, 0.3) is 0 Å². The lowest BCUT2D eigenvalue weighted by Gasteiger charge is -2.13. The number of benzene rings is 2. The summed E-state index contributed by atoms with van der Waals surface area (Å²) in [5.41, 5.74) is 8.31. The van der Waals surface area contributed by atoms with Gasteiger partial charge < -0.3 is 15.8 Å². The average Bonchev–Trinajstić information content (AvgIpc) is 2.61. The van der Waals surface area contributed by atoms with Crippen molar-refractivity contribution in [3.63, 3.8) is 0 Å². The molecule has 2 rings (SSSR count). The normalized spacial score (nSPS) is 11.7. The maximum atomic E-state index is 11.9. The van der Waals surface area contributed by atoms with Crippen LogP contribution < -0.4 is 15.8 Å². The van der Waals surface area contributed by atoms with Crippen molar-refractivity contribution in [3.8, 4) is 5.75 Å². The third-order valence-electron chi connectivity index (χ3n) is 3.78. The molecule has 0 aromatic heterocycles. The number of hydrogen-bond acceptors (Lipinski definition) is 3. The molecule has 4 heteroatoms. The van der Waals surface area contributed by atoms with Crippen LogP contribution in [-0.4, -0.2) is 19.6 Å². The molecule has 122 valence electrons. The summed E-state index contributed by atoms with van der Waals surface area (Å²) in [4.78, 5) is 11.9. The van der Waals surface area contributed by atoms with Crippen LogP contribution in [0.1, 0.15) is 30.0 Å². The number of ether oxygens (including phenoxy) is 1. The van der Waals surface area contributed by atoms with E-state index in [1.54, 1.807) is 7.11 Å². The van der Waals surface area contributed by atoms with Gasteiger partial charge in [-0.15, -0.1) is 0 Å². The lowest BCUT2D eigenvalue weighted by Crippen LogP contribution is -2.31. The van der Waals surface area contributed by atoms with Gasteiger partial charge in [-0.2, -0.15) is 0 Å². The first-order valence-electron chi connectivity index (χ1n) is 7.89. The summed E-state index contributed by atoms with van der Waals surface area (Å²) in [6.45, 7) is 0.464. The van der Waals surface area contributed by atoms with Crippen molar-refractivity contribution in [2.24, 2.45) is 5.73 Å². The van der Waals surface area contributed by atoms with Crippen LogP contribution in [0.3, 0.4) is 0 Å². The van der Waals surface area contributed by atoms with Gasteiger partial charge in [0.05, 0.1) is 7.11 Å². The fourth-order valence-electron chi connectivity index (χ4n) is 2.38. The molecule has 23 heavy (non-hydrogen) atoms. The van der Waals surface area contributed by atoms with E-state index in [1.165, 1.54) is 5.56 Å². The zero-order chi connectivity index (χ0) is 16.5. The van der Waals surface area contributed by atoms with Crippen molar-refractivity contribution in [2.45, 2.75) is 25.3 Å². The van der Waals surface area contributed by atoms with Crippen LogP contribution >= 0.6 is 0 Å². The fourth-order valence-corrected chi connectivity index (χ4v) is 2.38. The van der Waals surface area contributed by atoms with Crippen molar-refractivity contribution < 1.29 is 9.53 Å². The molecule has 2 aromatic carbocycles. The highest BCUT2D eigenvalue weighted by Gasteiger charge is 2.07. The lowest BCUT2D eigenvalue weighted by molar-refractivity contribution is -0.121. The van der Waals surface area contributed by atoms with Crippen LogP contribution in [0, 0.1) is 0 Å². The Morgan fingerprint density at radius 2 is 1.83 bits per heavy atom. The molecule has 0 radical (unpaired) electrons. The predicted molar refractivity (Wildman–Crippen MR) is 92.3 cm³/mol. The van der Waals surface area contributed by atoms with Crippen LogP contribution in [-0.2, 0) is 11.2 Å². The van der Waals surface area contributed by atoms with Crippen molar-refractivity contribution in [1.82, 2.24) is 5.32 Å². The fraction of sp³-hybridized carbons (Fsp3) is 0.316. The molecule has 1 unspecified atom stereocenters. The van der Waals surface area contributed by atoms with Crippen molar-refractivity contribution >= 4 is 5.91 Å². The summed E-state index contributed by atoms with van der Waals surface area (Å²) in [7, 11) is 1.65. The summed E-state index contributed by atoms with van der Waals surface area (Å²) < 4.78 is 5.13. The smallest absolute Gasteiger partial charge is 0.220 e. The van der Waals surface area contributed by atoms with Crippen molar-refractivity contribution in [3.05, 3.63) is 65.7 Å². The number of carbonyl (C=O) groups excluding carboxylic acids is 1. The van der Waals surface area contributed by atoms with E-state index in [4.69, 9.17) is 10.5 Å². The SMILES string of the molecule is COc1ccc(CCCC(=O)NCC(N)c2ccccc2)cc1. The van der Waals surface area contributed by atoms with E-state index >= 15 is 0 Å². The molecular weight excluding hydrogens is 288 g/mol. The van der Waals surface area contributed by atoms with Gasteiger partial charge in [-0.05, 0) is 36.1 Å². The summed E-state index contributed by atoms with van der Waals surface area (Å²) in [5.74, 6) is 0.895. The maximum Gasteiger partial charge on any atom is 0.220 e. The third-order valence-corrected chi connectivity index (χ3v) is 3.78. The topological polar surface area (TPSA) is 64.3 Å². The standard InChI is InChI=1S/C19H24N2O2/c1-23-17-12-10-15(11-13-17)6-5-9-19(22)21-14-18(20)16-7-3-2-4-8-16/h2-4,7-8,10-13,18H,5-6,9,14,20H2,1H3,(H,21,22). The number of aryl methyl sites for hydroxylation is 1. The zero-order valence-electron chi connectivity index (χ0n) is 13.5. The van der Waals surface area contributed by atoms with Gasteiger partial charge in [-0.3, -0.25) is 4.79 Å². The molecule has 1 amide bonds. The van der Waals surface area contributed by atoms with E-state index in [2.05, 4.69) is 5.32 Å². The van der Waals surface area contributed by atoms with E-state index in [9.17, 15) is 4.79 Å². The van der Waals surface area contributed by atoms with Gasteiger partial charge in [-0.25, -0.2) is 0 Å². The summed E-state index contributed by atoms with van der Waals surface area (Å²) in [6, 6.07) is 17.6. The largest absolute Gasteiger partial charge is 0.497 e. The number of nitrogens with one attached hydrogen (secondary N) is 1. The van der Waals surface area contributed by atoms with E-state index in [0.29, 0.717) is 13.0 Å². The second-order valence-corrected chi connectivity index (χ2v) is 5.52. The third kappa shape index (κ3) is 5.75. The Morgan fingerprint density at radius 3 is 2.48 bits per heavy atom. The zero-order valence-corrected chi connectivity index (χ0v) is 13.5. The molecule has 0 spiro atoms. The first kappa shape index (κ1) is 17.0. The summed E-state index contributed by atoms with van der Waals surface area (Å²) >= 11 is 0. The molecule has 0 saturated carbocycles. The molecule has 0 heterocycles. The average molecular weight is 312 g/mol. The Bertz CT molecular complexity index is 597. The minimum absolute atomic E-state index is 0.0462.